The second kappa shape index (κ2) is 6.88. The molecule has 19 heavy (non-hydrogen) atoms. The third-order valence-corrected chi connectivity index (χ3v) is 3.83. The molecule has 0 aliphatic rings. The van der Waals surface area contributed by atoms with E-state index in [0.29, 0.717) is 6.04 Å². The summed E-state index contributed by atoms with van der Waals surface area (Å²) in [4.78, 5) is 0. The molecule has 0 spiro atoms. The van der Waals surface area contributed by atoms with E-state index < -0.39 is 0 Å². The Labute approximate surface area is 124 Å². The fraction of sp³-hybridized carbons (Fsp3) is 0.294. The average molecular weight is 318 g/mol. The molecule has 1 atom stereocenters. The standard InChI is InChI=1S/C17H20BrN/c1-3-19-17(12-14-7-5-4-6-8-14)16-10-9-15(18)11-13(16)2/h4-11,17,19H,3,12H2,1-2H3. The molecule has 1 nitrogen and oxygen atoms in total. The Morgan fingerprint density at radius 1 is 1.11 bits per heavy atom. The van der Waals surface area contributed by atoms with Crippen molar-refractivity contribution in [2.45, 2.75) is 26.3 Å². The highest BCUT2D eigenvalue weighted by atomic mass is 79.9. The van der Waals surface area contributed by atoms with E-state index in [1.165, 1.54) is 16.7 Å². The maximum atomic E-state index is 3.59. The number of aryl methyl sites for hydroxylation is 1. The van der Waals surface area contributed by atoms with Crippen LogP contribution in [0.25, 0.3) is 0 Å². The first-order chi connectivity index (χ1) is 9.20. The Bertz CT molecular complexity index is 522. The summed E-state index contributed by atoms with van der Waals surface area (Å²) in [6.07, 6.45) is 1.02. The summed E-state index contributed by atoms with van der Waals surface area (Å²) < 4.78 is 1.14. The van der Waals surface area contributed by atoms with Crippen molar-refractivity contribution < 1.29 is 0 Å². The van der Waals surface area contributed by atoms with E-state index in [1.54, 1.807) is 0 Å². The molecule has 0 amide bonds. The van der Waals surface area contributed by atoms with Gasteiger partial charge in [0, 0.05) is 10.5 Å². The summed E-state index contributed by atoms with van der Waals surface area (Å²) in [7, 11) is 0. The molecular formula is C17H20BrN. The zero-order valence-electron chi connectivity index (χ0n) is 11.5. The van der Waals surface area contributed by atoms with Gasteiger partial charge in [0.2, 0.25) is 0 Å². The zero-order chi connectivity index (χ0) is 13.7. The maximum absolute atomic E-state index is 3.59. The van der Waals surface area contributed by atoms with Crippen LogP contribution in [0.1, 0.15) is 29.7 Å². The number of halogens is 1. The predicted molar refractivity (Wildman–Crippen MR) is 85.4 cm³/mol. The molecule has 0 aliphatic heterocycles. The topological polar surface area (TPSA) is 12.0 Å². The lowest BCUT2D eigenvalue weighted by molar-refractivity contribution is 0.547. The van der Waals surface area contributed by atoms with E-state index in [0.717, 1.165) is 17.4 Å². The average Bonchev–Trinajstić information content (AvgIpc) is 2.39. The Morgan fingerprint density at radius 2 is 1.84 bits per heavy atom. The lowest BCUT2D eigenvalue weighted by Crippen LogP contribution is -2.23. The van der Waals surface area contributed by atoms with Crippen LogP contribution in [-0.4, -0.2) is 6.54 Å². The van der Waals surface area contributed by atoms with Crippen molar-refractivity contribution >= 4 is 15.9 Å². The third kappa shape index (κ3) is 3.92. The van der Waals surface area contributed by atoms with Crippen LogP contribution in [0.3, 0.4) is 0 Å². The van der Waals surface area contributed by atoms with Gasteiger partial charge in [0.25, 0.3) is 0 Å². The number of rotatable bonds is 5. The van der Waals surface area contributed by atoms with Crippen molar-refractivity contribution in [2.24, 2.45) is 0 Å². The van der Waals surface area contributed by atoms with Gasteiger partial charge in [0.1, 0.15) is 0 Å². The number of likely N-dealkylation sites (N-methyl/N-ethyl adjacent to an activating group) is 1. The molecule has 1 N–H and O–H groups in total. The van der Waals surface area contributed by atoms with E-state index >= 15 is 0 Å². The van der Waals surface area contributed by atoms with Crippen molar-refractivity contribution in [1.29, 1.82) is 0 Å². The first-order valence-electron chi connectivity index (χ1n) is 6.74. The van der Waals surface area contributed by atoms with Crippen LogP contribution in [0.15, 0.2) is 53.0 Å². The number of benzene rings is 2. The minimum Gasteiger partial charge on any atom is -0.310 e. The molecule has 2 aromatic carbocycles. The van der Waals surface area contributed by atoms with Crippen molar-refractivity contribution in [3.63, 3.8) is 0 Å². The van der Waals surface area contributed by atoms with Crippen LogP contribution in [0.4, 0.5) is 0 Å². The molecule has 2 aromatic rings. The highest BCUT2D eigenvalue weighted by Crippen LogP contribution is 2.24. The van der Waals surface area contributed by atoms with Crippen molar-refractivity contribution in [3.05, 3.63) is 69.7 Å². The summed E-state index contributed by atoms with van der Waals surface area (Å²) in [5, 5.41) is 3.59. The van der Waals surface area contributed by atoms with Crippen molar-refractivity contribution in [2.75, 3.05) is 6.54 Å². The van der Waals surface area contributed by atoms with Crippen LogP contribution < -0.4 is 5.32 Å². The highest BCUT2D eigenvalue weighted by Gasteiger charge is 2.13. The molecule has 0 aromatic heterocycles. The normalized spacial score (nSPS) is 12.4. The second-order valence-corrected chi connectivity index (χ2v) is 5.72. The molecule has 2 rings (SSSR count). The molecule has 0 bridgehead atoms. The molecular weight excluding hydrogens is 298 g/mol. The van der Waals surface area contributed by atoms with Gasteiger partial charge in [-0.1, -0.05) is 59.3 Å². The molecule has 100 valence electrons. The van der Waals surface area contributed by atoms with Gasteiger partial charge in [-0.25, -0.2) is 0 Å². The first kappa shape index (κ1) is 14.3. The lowest BCUT2D eigenvalue weighted by atomic mass is 9.95. The van der Waals surface area contributed by atoms with Gasteiger partial charge in [0.15, 0.2) is 0 Å². The number of nitrogens with one attached hydrogen (secondary N) is 1. The van der Waals surface area contributed by atoms with Gasteiger partial charge in [-0.3, -0.25) is 0 Å². The largest absolute Gasteiger partial charge is 0.310 e. The van der Waals surface area contributed by atoms with Gasteiger partial charge < -0.3 is 5.32 Å². The van der Waals surface area contributed by atoms with Gasteiger partial charge >= 0.3 is 0 Å². The Morgan fingerprint density at radius 3 is 2.47 bits per heavy atom. The smallest absolute Gasteiger partial charge is 0.0363 e. The number of hydrogen-bond acceptors (Lipinski definition) is 1. The van der Waals surface area contributed by atoms with Gasteiger partial charge in [-0.15, -0.1) is 0 Å². The molecule has 0 radical (unpaired) electrons. The molecule has 0 aliphatic carbocycles. The fourth-order valence-corrected chi connectivity index (χ4v) is 2.89. The predicted octanol–water partition coefficient (Wildman–Crippen LogP) is 4.65. The summed E-state index contributed by atoms with van der Waals surface area (Å²) in [6, 6.07) is 17.6. The lowest BCUT2D eigenvalue weighted by Gasteiger charge is -2.21. The van der Waals surface area contributed by atoms with Crippen molar-refractivity contribution in [1.82, 2.24) is 5.32 Å². The zero-order valence-corrected chi connectivity index (χ0v) is 13.1. The quantitative estimate of drug-likeness (QED) is 0.846. The van der Waals surface area contributed by atoms with E-state index in [2.05, 4.69) is 83.6 Å². The van der Waals surface area contributed by atoms with Crippen LogP contribution in [0.2, 0.25) is 0 Å². The molecule has 2 heteroatoms. The minimum absolute atomic E-state index is 0.375. The van der Waals surface area contributed by atoms with Crippen LogP contribution in [0.5, 0.6) is 0 Å². The molecule has 1 unspecified atom stereocenters. The Kier molecular flexibility index (Phi) is 5.17. The van der Waals surface area contributed by atoms with E-state index in [-0.39, 0.29) is 0 Å². The summed E-state index contributed by atoms with van der Waals surface area (Å²) in [5.74, 6) is 0. The van der Waals surface area contributed by atoms with Crippen LogP contribution >= 0.6 is 15.9 Å². The molecule has 0 saturated heterocycles. The fourth-order valence-electron chi connectivity index (χ4n) is 2.42. The molecule has 0 saturated carbocycles. The van der Waals surface area contributed by atoms with Crippen LogP contribution in [0, 0.1) is 6.92 Å². The molecule has 0 heterocycles. The third-order valence-electron chi connectivity index (χ3n) is 3.34. The molecule has 0 fully saturated rings. The summed E-state index contributed by atoms with van der Waals surface area (Å²) >= 11 is 3.53. The highest BCUT2D eigenvalue weighted by molar-refractivity contribution is 9.10. The Hall–Kier alpha value is -1.12. The summed E-state index contributed by atoms with van der Waals surface area (Å²) in [6.45, 7) is 5.31. The first-order valence-corrected chi connectivity index (χ1v) is 7.53. The van der Waals surface area contributed by atoms with Gasteiger partial charge in [-0.2, -0.15) is 0 Å². The van der Waals surface area contributed by atoms with Gasteiger partial charge in [0.05, 0.1) is 0 Å². The van der Waals surface area contributed by atoms with Crippen molar-refractivity contribution in [3.8, 4) is 0 Å². The monoisotopic (exact) mass is 317 g/mol. The SMILES string of the molecule is CCNC(Cc1ccccc1)c1ccc(Br)cc1C. The van der Waals surface area contributed by atoms with E-state index in [1.807, 2.05) is 0 Å². The van der Waals surface area contributed by atoms with Gasteiger partial charge in [-0.05, 0) is 48.7 Å². The number of hydrogen-bond donors (Lipinski definition) is 1. The maximum Gasteiger partial charge on any atom is 0.0363 e. The van der Waals surface area contributed by atoms with E-state index in [9.17, 15) is 0 Å². The second-order valence-electron chi connectivity index (χ2n) is 4.80. The Balaban J connectivity index is 2.24. The van der Waals surface area contributed by atoms with E-state index in [4.69, 9.17) is 0 Å². The van der Waals surface area contributed by atoms with Crippen LogP contribution in [-0.2, 0) is 6.42 Å². The summed E-state index contributed by atoms with van der Waals surface area (Å²) in [5.41, 5.74) is 4.08. The minimum atomic E-state index is 0.375.